The molecule has 0 radical (unpaired) electrons. The number of methoxy groups -OCH3 is 2. The predicted molar refractivity (Wildman–Crippen MR) is 159 cm³/mol. The van der Waals surface area contributed by atoms with Gasteiger partial charge in [0.1, 0.15) is 16.9 Å². The van der Waals surface area contributed by atoms with E-state index in [9.17, 15) is 18.8 Å². The van der Waals surface area contributed by atoms with Crippen molar-refractivity contribution in [1.29, 1.82) is 0 Å². The molecule has 44 heavy (non-hydrogen) atoms. The molecule has 0 unspecified atom stereocenters. The topological polar surface area (TPSA) is 122 Å². The summed E-state index contributed by atoms with van der Waals surface area (Å²) in [5.41, 5.74) is 0.704. The van der Waals surface area contributed by atoms with Gasteiger partial charge in [0.25, 0.3) is 17.3 Å². The summed E-state index contributed by atoms with van der Waals surface area (Å²) in [6.07, 6.45) is 2.79. The molecule has 0 aliphatic rings. The number of pyridine rings is 3. The minimum atomic E-state index is -0.859. The first-order valence-electron chi connectivity index (χ1n) is 13.2. The number of fused-ring (bicyclic) bond motifs is 1. The molecule has 3 heterocycles. The lowest BCUT2D eigenvalue weighted by atomic mass is 10.0. The molecule has 2 aromatic carbocycles. The van der Waals surface area contributed by atoms with Crippen LogP contribution in [0, 0.1) is 25.5 Å². The monoisotopic (exact) mass is 600 g/mol. The molecule has 0 atom stereocenters. The Kier molecular flexibility index (Phi) is 8.08. The SMILES string of the molecule is COc1cc2nccc(Oc3ccc(NC(=O)c4c(C)c(C(C)=O)cn(-c5ccc(F)cc5C)c4=O)cc3F)c2nc1OC. The summed E-state index contributed by atoms with van der Waals surface area (Å²) in [4.78, 5) is 48.0. The second-order valence-electron chi connectivity index (χ2n) is 9.78. The van der Waals surface area contributed by atoms with Gasteiger partial charge < -0.3 is 19.5 Å². The van der Waals surface area contributed by atoms with Crippen molar-refractivity contribution in [3.8, 4) is 28.8 Å². The van der Waals surface area contributed by atoms with Gasteiger partial charge in [-0.25, -0.2) is 13.8 Å². The molecule has 0 saturated carbocycles. The highest BCUT2D eigenvalue weighted by molar-refractivity contribution is 6.07. The normalized spacial score (nSPS) is 10.9. The van der Waals surface area contributed by atoms with Crippen LogP contribution in [0.3, 0.4) is 0 Å². The number of nitrogens with zero attached hydrogens (tertiary/aromatic N) is 3. The summed E-state index contributed by atoms with van der Waals surface area (Å²) in [6, 6.07) is 10.6. The molecular weight excluding hydrogens is 574 g/mol. The molecule has 5 rings (SSSR count). The summed E-state index contributed by atoms with van der Waals surface area (Å²) in [5.74, 6) is -1.99. The molecule has 0 saturated heterocycles. The third-order valence-corrected chi connectivity index (χ3v) is 6.93. The van der Waals surface area contributed by atoms with Crippen LogP contribution in [0.4, 0.5) is 14.5 Å². The Balaban J connectivity index is 1.47. The van der Waals surface area contributed by atoms with E-state index in [0.717, 1.165) is 10.6 Å². The largest absolute Gasteiger partial charge is 0.491 e. The van der Waals surface area contributed by atoms with Crippen LogP contribution in [0.5, 0.6) is 23.1 Å². The van der Waals surface area contributed by atoms with Gasteiger partial charge in [-0.1, -0.05) is 0 Å². The lowest BCUT2D eigenvalue weighted by molar-refractivity contribution is 0.101. The van der Waals surface area contributed by atoms with E-state index in [-0.39, 0.29) is 45.5 Å². The number of carbonyl (C=O) groups is 2. The number of ether oxygens (including phenoxy) is 3. The predicted octanol–water partition coefficient (Wildman–Crippen LogP) is 5.94. The van der Waals surface area contributed by atoms with Crippen LogP contribution < -0.4 is 25.1 Å². The molecule has 0 aliphatic carbocycles. The molecule has 1 amide bonds. The number of benzene rings is 2. The standard InChI is InChI=1S/C32H26F2N4O6/c1-16-12-19(33)6-8-24(16)38-15-21(18(3)39)17(2)28(32(38)41)30(40)36-20-7-9-25(22(34)13-20)44-26-10-11-35-23-14-27(42-4)31(43-5)37-29(23)26/h6-15H,1-5H3,(H,36,40). The number of hydrogen-bond donors (Lipinski definition) is 1. The highest BCUT2D eigenvalue weighted by atomic mass is 19.1. The Morgan fingerprint density at radius 2 is 1.70 bits per heavy atom. The molecule has 1 N–H and O–H groups in total. The Hall–Kier alpha value is -5.65. The average molecular weight is 601 g/mol. The number of hydrogen-bond acceptors (Lipinski definition) is 8. The van der Waals surface area contributed by atoms with Gasteiger partial charge in [0.15, 0.2) is 28.8 Å². The molecule has 0 fully saturated rings. The molecule has 224 valence electrons. The first kappa shape index (κ1) is 29.8. The maximum atomic E-state index is 15.2. The van der Waals surface area contributed by atoms with E-state index in [4.69, 9.17) is 14.2 Å². The van der Waals surface area contributed by atoms with Crippen LogP contribution in [0.25, 0.3) is 16.7 Å². The summed E-state index contributed by atoms with van der Waals surface area (Å²) < 4.78 is 46.4. The first-order chi connectivity index (χ1) is 21.0. The summed E-state index contributed by atoms with van der Waals surface area (Å²) in [6.45, 7) is 4.38. The van der Waals surface area contributed by atoms with Crippen molar-refractivity contribution in [2.24, 2.45) is 0 Å². The van der Waals surface area contributed by atoms with Crippen molar-refractivity contribution in [2.75, 3.05) is 19.5 Å². The molecule has 5 aromatic rings. The number of aromatic nitrogens is 3. The number of nitrogens with one attached hydrogen (secondary N) is 1. The van der Waals surface area contributed by atoms with E-state index in [1.54, 1.807) is 13.0 Å². The third-order valence-electron chi connectivity index (χ3n) is 6.93. The Bertz CT molecular complexity index is 2030. The second kappa shape index (κ2) is 11.9. The van der Waals surface area contributed by atoms with Gasteiger partial charge in [0, 0.05) is 41.8 Å². The number of Topliss-reactive ketones (excluding diaryl/α,β-unsaturated/α-hetero) is 1. The zero-order chi connectivity index (χ0) is 31.7. The lowest BCUT2D eigenvalue weighted by Crippen LogP contribution is -2.31. The zero-order valence-electron chi connectivity index (χ0n) is 24.3. The molecular formula is C32H26F2N4O6. The quantitative estimate of drug-likeness (QED) is 0.217. The van der Waals surface area contributed by atoms with Crippen molar-refractivity contribution >= 4 is 28.4 Å². The van der Waals surface area contributed by atoms with E-state index in [2.05, 4.69) is 15.3 Å². The fourth-order valence-electron chi connectivity index (χ4n) is 4.75. The minimum absolute atomic E-state index is 0.0282. The summed E-state index contributed by atoms with van der Waals surface area (Å²) >= 11 is 0. The highest BCUT2D eigenvalue weighted by Gasteiger charge is 2.23. The van der Waals surface area contributed by atoms with Gasteiger partial charge in [-0.2, -0.15) is 0 Å². The molecule has 12 heteroatoms. The summed E-state index contributed by atoms with van der Waals surface area (Å²) in [5, 5.41) is 2.53. The van der Waals surface area contributed by atoms with E-state index >= 15 is 4.39 Å². The number of halogens is 2. The number of rotatable bonds is 8. The fourth-order valence-corrected chi connectivity index (χ4v) is 4.75. The molecule has 0 spiro atoms. The number of aryl methyl sites for hydroxylation is 1. The number of carbonyl (C=O) groups excluding carboxylic acids is 2. The van der Waals surface area contributed by atoms with Gasteiger partial charge in [-0.15, -0.1) is 0 Å². The summed E-state index contributed by atoms with van der Waals surface area (Å²) in [7, 11) is 2.89. The maximum absolute atomic E-state index is 15.2. The average Bonchev–Trinajstić information content (AvgIpc) is 2.98. The van der Waals surface area contributed by atoms with Gasteiger partial charge >= 0.3 is 0 Å². The van der Waals surface area contributed by atoms with Crippen LogP contribution >= 0.6 is 0 Å². The van der Waals surface area contributed by atoms with E-state index in [0.29, 0.717) is 28.0 Å². The Morgan fingerprint density at radius 3 is 2.36 bits per heavy atom. The van der Waals surface area contributed by atoms with Crippen LogP contribution in [0.1, 0.15) is 38.8 Å². The van der Waals surface area contributed by atoms with Crippen molar-refractivity contribution in [1.82, 2.24) is 14.5 Å². The second-order valence-corrected chi connectivity index (χ2v) is 9.78. The Labute approximate surface area is 249 Å². The zero-order valence-corrected chi connectivity index (χ0v) is 24.3. The van der Waals surface area contributed by atoms with E-state index < -0.39 is 23.1 Å². The van der Waals surface area contributed by atoms with E-state index in [1.807, 2.05) is 0 Å². The number of amides is 1. The molecule has 10 nitrogen and oxygen atoms in total. The number of anilines is 1. The van der Waals surface area contributed by atoms with Crippen molar-refractivity contribution < 1.29 is 32.6 Å². The van der Waals surface area contributed by atoms with Crippen molar-refractivity contribution in [3.05, 3.63) is 105 Å². The minimum Gasteiger partial charge on any atom is -0.491 e. The van der Waals surface area contributed by atoms with Crippen molar-refractivity contribution in [2.45, 2.75) is 20.8 Å². The third kappa shape index (κ3) is 5.56. The van der Waals surface area contributed by atoms with Gasteiger partial charge in [0.05, 0.1) is 25.4 Å². The smallest absolute Gasteiger partial charge is 0.268 e. The van der Waals surface area contributed by atoms with Gasteiger partial charge in [-0.3, -0.25) is 23.9 Å². The van der Waals surface area contributed by atoms with Gasteiger partial charge in [0.2, 0.25) is 0 Å². The first-order valence-corrected chi connectivity index (χ1v) is 13.2. The van der Waals surface area contributed by atoms with Crippen molar-refractivity contribution in [3.63, 3.8) is 0 Å². The fraction of sp³-hybridized carbons (Fsp3) is 0.156. The Morgan fingerprint density at radius 1 is 0.932 bits per heavy atom. The van der Waals surface area contributed by atoms with Crippen LogP contribution in [0.2, 0.25) is 0 Å². The highest BCUT2D eigenvalue weighted by Crippen LogP contribution is 2.35. The lowest BCUT2D eigenvalue weighted by Gasteiger charge is -2.16. The molecule has 3 aromatic heterocycles. The maximum Gasteiger partial charge on any atom is 0.268 e. The van der Waals surface area contributed by atoms with Crippen LogP contribution in [-0.2, 0) is 0 Å². The molecule has 0 bridgehead atoms. The van der Waals surface area contributed by atoms with Crippen LogP contribution in [0.15, 0.2) is 65.7 Å². The van der Waals surface area contributed by atoms with Gasteiger partial charge in [-0.05, 0) is 62.2 Å². The molecule has 0 aliphatic heterocycles. The van der Waals surface area contributed by atoms with Crippen LogP contribution in [-0.4, -0.2) is 40.4 Å². The van der Waals surface area contributed by atoms with E-state index in [1.165, 1.54) is 76.9 Å². The number of ketones is 1.